The molecule has 0 aliphatic rings. The number of hydrogen-bond acceptors (Lipinski definition) is 5. The van der Waals surface area contributed by atoms with Crippen molar-refractivity contribution in [3.63, 3.8) is 0 Å². The fraction of sp³-hybridized carbons (Fsp3) is 0.417. The average molecular weight is 268 g/mol. The highest BCUT2D eigenvalue weighted by molar-refractivity contribution is 5.80. The van der Waals surface area contributed by atoms with Gasteiger partial charge in [0.15, 0.2) is 17.6 Å². The number of carbonyl (C=O) groups excluding carboxylic acids is 1. The number of methoxy groups -OCH3 is 1. The third-order valence-corrected chi connectivity index (χ3v) is 2.45. The van der Waals surface area contributed by atoms with E-state index in [1.165, 1.54) is 30.2 Å². The van der Waals surface area contributed by atoms with Crippen molar-refractivity contribution in [3.05, 3.63) is 28.3 Å². The third kappa shape index (κ3) is 3.57. The number of nitro benzene ring substituents is 1. The zero-order valence-corrected chi connectivity index (χ0v) is 11.2. The third-order valence-electron chi connectivity index (χ3n) is 2.45. The lowest BCUT2D eigenvalue weighted by Gasteiger charge is -2.19. The molecule has 0 unspecified atom stereocenters. The van der Waals surface area contributed by atoms with Crippen LogP contribution in [0.3, 0.4) is 0 Å². The lowest BCUT2D eigenvalue weighted by Crippen LogP contribution is -2.35. The number of amides is 1. The Balaban J connectivity index is 3.01. The molecular weight excluding hydrogens is 252 g/mol. The van der Waals surface area contributed by atoms with Crippen molar-refractivity contribution in [2.75, 3.05) is 21.2 Å². The zero-order chi connectivity index (χ0) is 14.6. The molecule has 0 saturated heterocycles. The lowest BCUT2D eigenvalue weighted by molar-refractivity contribution is -0.385. The highest BCUT2D eigenvalue weighted by atomic mass is 16.6. The monoisotopic (exact) mass is 268 g/mol. The van der Waals surface area contributed by atoms with Gasteiger partial charge in [0.05, 0.1) is 18.1 Å². The van der Waals surface area contributed by atoms with Crippen LogP contribution in [0.25, 0.3) is 0 Å². The molecule has 0 bridgehead atoms. The summed E-state index contributed by atoms with van der Waals surface area (Å²) in [7, 11) is 4.63. The number of rotatable bonds is 5. The van der Waals surface area contributed by atoms with Crippen LogP contribution >= 0.6 is 0 Å². The van der Waals surface area contributed by atoms with Crippen LogP contribution < -0.4 is 9.47 Å². The number of likely N-dealkylation sites (N-methyl/N-ethyl adjacent to an activating group) is 1. The predicted octanol–water partition coefficient (Wildman–Crippen LogP) is 1.46. The number of nitrogens with zero attached hydrogens (tertiary/aromatic N) is 2. The number of benzene rings is 1. The standard InChI is InChI=1S/C12H16N2O5/c1-8(12(15)13(2)3)19-11-7-9(14(16)17)5-6-10(11)18-4/h5-8H,1-4H3/t8-/m0/s1. The van der Waals surface area contributed by atoms with Crippen LogP contribution in [-0.2, 0) is 4.79 Å². The Morgan fingerprint density at radius 1 is 1.37 bits per heavy atom. The largest absolute Gasteiger partial charge is 0.493 e. The molecule has 7 nitrogen and oxygen atoms in total. The summed E-state index contributed by atoms with van der Waals surface area (Å²) in [4.78, 5) is 23.3. The van der Waals surface area contributed by atoms with Crippen molar-refractivity contribution in [2.45, 2.75) is 13.0 Å². The molecule has 1 atom stereocenters. The topological polar surface area (TPSA) is 81.9 Å². The minimum absolute atomic E-state index is 0.125. The van der Waals surface area contributed by atoms with Crippen LogP contribution in [0, 0.1) is 10.1 Å². The van der Waals surface area contributed by atoms with Crippen molar-refractivity contribution < 1.29 is 19.2 Å². The van der Waals surface area contributed by atoms with E-state index >= 15 is 0 Å². The first-order chi connectivity index (χ1) is 8.86. The van der Waals surface area contributed by atoms with Crippen molar-refractivity contribution in [2.24, 2.45) is 0 Å². The fourth-order valence-electron chi connectivity index (χ4n) is 1.48. The molecule has 0 aliphatic heterocycles. The first kappa shape index (κ1) is 14.7. The van der Waals surface area contributed by atoms with E-state index in [0.29, 0.717) is 5.75 Å². The van der Waals surface area contributed by atoms with Crippen molar-refractivity contribution in [3.8, 4) is 11.5 Å². The van der Waals surface area contributed by atoms with Crippen molar-refractivity contribution >= 4 is 11.6 Å². The number of carbonyl (C=O) groups is 1. The van der Waals surface area contributed by atoms with Gasteiger partial charge >= 0.3 is 0 Å². The molecular formula is C12H16N2O5. The summed E-state index contributed by atoms with van der Waals surface area (Å²) >= 11 is 0. The molecule has 0 fully saturated rings. The number of nitro groups is 1. The maximum atomic E-state index is 11.7. The van der Waals surface area contributed by atoms with Crippen LogP contribution in [-0.4, -0.2) is 43.0 Å². The molecule has 0 spiro atoms. The average Bonchev–Trinajstić information content (AvgIpc) is 2.37. The fourth-order valence-corrected chi connectivity index (χ4v) is 1.48. The summed E-state index contributed by atoms with van der Waals surface area (Å²) in [6.45, 7) is 1.57. The summed E-state index contributed by atoms with van der Waals surface area (Å²) in [6, 6.07) is 3.97. The number of ether oxygens (including phenoxy) is 2. The highest BCUT2D eigenvalue weighted by Crippen LogP contribution is 2.31. The van der Waals surface area contributed by atoms with Crippen LogP contribution in [0.4, 0.5) is 5.69 Å². The number of hydrogen-bond donors (Lipinski definition) is 0. The van der Waals surface area contributed by atoms with Gasteiger partial charge in [0, 0.05) is 20.2 Å². The van der Waals surface area contributed by atoms with Gasteiger partial charge in [0.1, 0.15) is 0 Å². The van der Waals surface area contributed by atoms with E-state index in [2.05, 4.69) is 0 Å². The van der Waals surface area contributed by atoms with Gasteiger partial charge in [-0.1, -0.05) is 0 Å². The quantitative estimate of drug-likeness (QED) is 0.596. The second-order valence-electron chi connectivity index (χ2n) is 4.09. The van der Waals surface area contributed by atoms with Gasteiger partial charge in [-0.05, 0) is 13.0 Å². The molecule has 0 aromatic heterocycles. The first-order valence-electron chi connectivity index (χ1n) is 5.57. The van der Waals surface area contributed by atoms with Crippen molar-refractivity contribution in [1.82, 2.24) is 4.90 Å². The minimum Gasteiger partial charge on any atom is -0.493 e. The Labute approximate surface area is 110 Å². The minimum atomic E-state index is -0.758. The Bertz CT molecular complexity index is 487. The molecule has 0 aliphatic carbocycles. The van der Waals surface area contributed by atoms with Gasteiger partial charge in [-0.15, -0.1) is 0 Å². The molecule has 0 radical (unpaired) electrons. The molecule has 0 heterocycles. The Hall–Kier alpha value is -2.31. The number of non-ortho nitro benzene ring substituents is 1. The van der Waals surface area contributed by atoms with E-state index in [0.717, 1.165) is 0 Å². The molecule has 7 heteroatoms. The van der Waals surface area contributed by atoms with Crippen LogP contribution in [0.1, 0.15) is 6.92 Å². The van der Waals surface area contributed by atoms with Gasteiger partial charge in [-0.2, -0.15) is 0 Å². The SMILES string of the molecule is COc1ccc([N+](=O)[O-])cc1O[C@@H](C)C(=O)N(C)C. The van der Waals surface area contributed by atoms with Gasteiger partial charge in [0.25, 0.3) is 11.6 Å². The second-order valence-corrected chi connectivity index (χ2v) is 4.09. The molecule has 104 valence electrons. The zero-order valence-electron chi connectivity index (χ0n) is 11.2. The maximum absolute atomic E-state index is 11.7. The van der Waals surface area contributed by atoms with E-state index < -0.39 is 11.0 Å². The van der Waals surface area contributed by atoms with Gasteiger partial charge in [0.2, 0.25) is 0 Å². The van der Waals surface area contributed by atoms with E-state index in [4.69, 9.17) is 9.47 Å². The molecule has 1 aromatic carbocycles. The first-order valence-corrected chi connectivity index (χ1v) is 5.57. The van der Waals surface area contributed by atoms with Gasteiger partial charge in [-0.3, -0.25) is 14.9 Å². The van der Waals surface area contributed by atoms with Gasteiger partial charge in [-0.25, -0.2) is 0 Å². The summed E-state index contributed by atoms with van der Waals surface area (Å²) in [5.41, 5.74) is -0.125. The smallest absolute Gasteiger partial charge is 0.273 e. The maximum Gasteiger partial charge on any atom is 0.273 e. The van der Waals surface area contributed by atoms with Crippen molar-refractivity contribution in [1.29, 1.82) is 0 Å². The molecule has 0 N–H and O–H groups in total. The van der Waals surface area contributed by atoms with Crippen LogP contribution in [0.15, 0.2) is 18.2 Å². The summed E-state index contributed by atoms with van der Waals surface area (Å²) in [5, 5.41) is 10.7. The Morgan fingerprint density at radius 2 is 2.00 bits per heavy atom. The molecule has 1 aromatic rings. The van der Waals surface area contributed by atoms with E-state index in [9.17, 15) is 14.9 Å². The summed E-state index contributed by atoms with van der Waals surface area (Å²) < 4.78 is 10.5. The Morgan fingerprint density at radius 3 is 2.47 bits per heavy atom. The second kappa shape index (κ2) is 6.03. The van der Waals surface area contributed by atoms with E-state index in [1.54, 1.807) is 21.0 Å². The van der Waals surface area contributed by atoms with Gasteiger partial charge < -0.3 is 14.4 Å². The Kier molecular flexibility index (Phi) is 4.68. The molecule has 1 amide bonds. The predicted molar refractivity (Wildman–Crippen MR) is 68.4 cm³/mol. The molecule has 1 rings (SSSR count). The highest BCUT2D eigenvalue weighted by Gasteiger charge is 2.20. The van der Waals surface area contributed by atoms with E-state index in [1.807, 2.05) is 0 Å². The molecule has 19 heavy (non-hydrogen) atoms. The molecule has 0 saturated carbocycles. The lowest BCUT2D eigenvalue weighted by atomic mass is 10.2. The van der Waals surface area contributed by atoms with Crippen LogP contribution in [0.2, 0.25) is 0 Å². The summed E-state index contributed by atoms with van der Waals surface area (Å²) in [5.74, 6) is 0.261. The normalized spacial score (nSPS) is 11.6. The van der Waals surface area contributed by atoms with E-state index in [-0.39, 0.29) is 17.3 Å². The van der Waals surface area contributed by atoms with Crippen LogP contribution in [0.5, 0.6) is 11.5 Å². The summed E-state index contributed by atoms with van der Waals surface area (Å²) in [6.07, 6.45) is -0.758.